The van der Waals surface area contributed by atoms with Gasteiger partial charge in [-0.15, -0.1) is 0 Å². The molecule has 1 saturated carbocycles. The van der Waals surface area contributed by atoms with Gasteiger partial charge in [0.1, 0.15) is 11.8 Å². The van der Waals surface area contributed by atoms with Crippen molar-refractivity contribution in [2.24, 2.45) is 10.9 Å². The molecule has 1 aromatic carbocycles. The Morgan fingerprint density at radius 3 is 2.61 bits per heavy atom. The molecule has 2 aromatic heterocycles. The Balaban J connectivity index is 1.74. The van der Waals surface area contributed by atoms with Gasteiger partial charge in [-0.1, -0.05) is 11.6 Å². The number of nitrogens with one attached hydrogen (secondary N) is 1. The Bertz CT molecular complexity index is 1190. The van der Waals surface area contributed by atoms with Gasteiger partial charge < -0.3 is 25.6 Å². The number of aliphatic hydroxyl groups excluding tert-OH is 2. The van der Waals surface area contributed by atoms with Gasteiger partial charge in [0.15, 0.2) is 15.4 Å². The minimum Gasteiger partial charge on any atom is -0.389 e. The molecule has 1 aliphatic carbocycles. The molecule has 4 atom stereocenters. The van der Waals surface area contributed by atoms with Crippen molar-refractivity contribution in [3.05, 3.63) is 47.4 Å². The number of nitrogens with zero attached hydrogens (tertiary/aromatic N) is 4. The van der Waals surface area contributed by atoms with Crippen LogP contribution >= 0.6 is 11.6 Å². The molecule has 0 bridgehead atoms. The van der Waals surface area contributed by atoms with Crippen LogP contribution in [0.4, 0.5) is 0 Å². The maximum absolute atomic E-state index is 13.0. The summed E-state index contributed by atoms with van der Waals surface area (Å²) in [6, 6.07) is 4.96. The molecule has 2 heterocycles. The third-order valence-electron chi connectivity index (χ3n) is 5.01. The monoisotopic (exact) mass is 424 g/mol. The number of aliphatic hydroxyl groups is 2. The summed E-state index contributed by atoms with van der Waals surface area (Å²) in [5, 5.41) is 23.8. The molecular formula is C16H17ClN6O4S. The van der Waals surface area contributed by atoms with Crippen LogP contribution in [0.25, 0.3) is 11.2 Å². The second kappa shape index (κ2) is 6.85. The molecule has 28 heavy (non-hydrogen) atoms. The normalized spacial score (nSPS) is 26.2. The molecule has 1 aliphatic rings. The molecule has 148 valence electrons. The van der Waals surface area contributed by atoms with Crippen molar-refractivity contribution < 1.29 is 18.6 Å². The number of hydrogen-bond donors (Lipinski definition) is 4. The van der Waals surface area contributed by atoms with E-state index in [4.69, 9.17) is 17.4 Å². The number of H-pyrrole nitrogens is 1. The lowest BCUT2D eigenvalue weighted by Gasteiger charge is -2.18. The van der Waals surface area contributed by atoms with Crippen LogP contribution in [-0.4, -0.2) is 55.6 Å². The van der Waals surface area contributed by atoms with Gasteiger partial charge in [0.25, 0.3) is 0 Å². The van der Waals surface area contributed by atoms with Gasteiger partial charge in [0, 0.05) is 5.02 Å². The van der Waals surface area contributed by atoms with Crippen LogP contribution in [0.3, 0.4) is 0 Å². The summed E-state index contributed by atoms with van der Waals surface area (Å²) < 4.78 is 27.6. The fourth-order valence-corrected chi connectivity index (χ4v) is 5.55. The summed E-state index contributed by atoms with van der Waals surface area (Å²) >= 11 is 5.82. The minimum absolute atomic E-state index is 0.00990. The Labute approximate surface area is 164 Å². The Morgan fingerprint density at radius 2 is 1.93 bits per heavy atom. The highest BCUT2D eigenvalue weighted by Crippen LogP contribution is 2.38. The molecule has 12 heteroatoms. The second-order valence-corrected chi connectivity index (χ2v) is 9.13. The highest BCUT2D eigenvalue weighted by Gasteiger charge is 2.49. The molecule has 3 aromatic rings. The van der Waals surface area contributed by atoms with Gasteiger partial charge in [-0.3, -0.25) is 0 Å². The van der Waals surface area contributed by atoms with Gasteiger partial charge >= 0.3 is 0 Å². The van der Waals surface area contributed by atoms with E-state index in [1.807, 2.05) is 0 Å². The third kappa shape index (κ3) is 2.87. The predicted molar refractivity (Wildman–Crippen MR) is 99.7 cm³/mol. The maximum atomic E-state index is 13.0. The van der Waals surface area contributed by atoms with Gasteiger partial charge in [-0.05, 0) is 30.7 Å². The predicted octanol–water partition coefficient (Wildman–Crippen LogP) is -0.304. The highest BCUT2D eigenvalue weighted by molar-refractivity contribution is 7.92. The number of aromatic nitrogens is 4. The van der Waals surface area contributed by atoms with E-state index in [1.165, 1.54) is 36.9 Å². The summed E-state index contributed by atoms with van der Waals surface area (Å²) in [5.74, 6) is 5.30. The molecule has 0 spiro atoms. The number of fused-ring (bicyclic) bond motifs is 1. The van der Waals surface area contributed by atoms with Gasteiger partial charge in [0.05, 0.1) is 34.9 Å². The van der Waals surface area contributed by atoms with Crippen LogP contribution in [0.2, 0.25) is 5.02 Å². The number of rotatable bonds is 3. The van der Waals surface area contributed by atoms with E-state index >= 15 is 0 Å². The van der Waals surface area contributed by atoms with Crippen molar-refractivity contribution >= 4 is 32.6 Å². The van der Waals surface area contributed by atoms with E-state index < -0.39 is 33.3 Å². The summed E-state index contributed by atoms with van der Waals surface area (Å²) in [5.41, 5.74) is 1.03. The second-order valence-electron chi connectivity index (χ2n) is 6.53. The van der Waals surface area contributed by atoms with Crippen molar-refractivity contribution in [2.75, 3.05) is 0 Å². The van der Waals surface area contributed by atoms with E-state index in [0.717, 1.165) is 0 Å². The quantitative estimate of drug-likeness (QED) is 0.331. The zero-order valence-electron chi connectivity index (χ0n) is 14.3. The highest BCUT2D eigenvalue weighted by atomic mass is 35.5. The number of benzene rings is 1. The zero-order chi connectivity index (χ0) is 20.1. The van der Waals surface area contributed by atoms with E-state index in [9.17, 15) is 18.6 Å². The van der Waals surface area contributed by atoms with E-state index in [0.29, 0.717) is 16.2 Å². The first-order chi connectivity index (χ1) is 13.3. The fraction of sp³-hybridized carbons (Fsp3) is 0.312. The van der Waals surface area contributed by atoms with Crippen molar-refractivity contribution in [3.63, 3.8) is 0 Å². The molecular weight excluding hydrogens is 408 g/mol. The number of nitrogens with two attached hydrogens (primary N) is 1. The van der Waals surface area contributed by atoms with Crippen molar-refractivity contribution in [2.45, 2.75) is 34.8 Å². The maximum Gasteiger partial charge on any atom is 0.202 e. The molecule has 0 unspecified atom stereocenters. The smallest absolute Gasteiger partial charge is 0.202 e. The SMILES string of the molecule is N/N=c1/nc[nH]c2c1ncn2[C@@H]1C[C@H](S(=O)(=O)c2ccc(Cl)cc2)[C@@H](O)[C@H]1O. The summed E-state index contributed by atoms with van der Waals surface area (Å²) in [7, 11) is -3.89. The fourth-order valence-electron chi connectivity index (χ4n) is 3.58. The Hall–Kier alpha value is -2.47. The Morgan fingerprint density at radius 1 is 1.21 bits per heavy atom. The summed E-state index contributed by atoms with van der Waals surface area (Å²) in [4.78, 5) is 11.1. The topological polar surface area (TPSA) is 159 Å². The largest absolute Gasteiger partial charge is 0.389 e. The molecule has 0 amide bonds. The third-order valence-corrected chi connectivity index (χ3v) is 7.46. The number of imidazole rings is 1. The Kier molecular flexibility index (Phi) is 4.62. The number of sulfone groups is 1. The lowest BCUT2D eigenvalue weighted by Crippen LogP contribution is -2.35. The van der Waals surface area contributed by atoms with Crippen molar-refractivity contribution in [3.8, 4) is 0 Å². The van der Waals surface area contributed by atoms with Gasteiger partial charge in [-0.2, -0.15) is 5.10 Å². The molecule has 1 fully saturated rings. The van der Waals surface area contributed by atoms with E-state index in [-0.39, 0.29) is 16.8 Å². The van der Waals surface area contributed by atoms with Crippen LogP contribution < -0.4 is 11.3 Å². The zero-order valence-corrected chi connectivity index (χ0v) is 15.9. The molecule has 0 saturated heterocycles. The van der Waals surface area contributed by atoms with E-state index in [1.54, 1.807) is 4.57 Å². The van der Waals surface area contributed by atoms with Crippen molar-refractivity contribution in [1.29, 1.82) is 0 Å². The van der Waals surface area contributed by atoms with E-state index in [2.05, 4.69) is 20.1 Å². The first-order valence-electron chi connectivity index (χ1n) is 8.34. The van der Waals surface area contributed by atoms with Crippen LogP contribution in [0.1, 0.15) is 12.5 Å². The molecule has 0 radical (unpaired) electrons. The molecule has 0 aliphatic heterocycles. The molecule has 10 nitrogen and oxygen atoms in total. The number of aromatic amines is 1. The van der Waals surface area contributed by atoms with Crippen molar-refractivity contribution in [1.82, 2.24) is 19.5 Å². The summed E-state index contributed by atoms with van der Waals surface area (Å²) in [6.07, 6.45) is -0.00124. The first kappa shape index (κ1) is 18.9. The van der Waals surface area contributed by atoms with Gasteiger partial charge in [0.2, 0.25) is 5.49 Å². The minimum atomic E-state index is -3.89. The molecule has 5 N–H and O–H groups in total. The molecule has 4 rings (SSSR count). The first-order valence-corrected chi connectivity index (χ1v) is 10.3. The van der Waals surface area contributed by atoms with Crippen LogP contribution in [0, 0.1) is 0 Å². The summed E-state index contributed by atoms with van der Waals surface area (Å²) in [6.45, 7) is 0. The standard InChI is InChI=1S/C16H17ClN6O4S/c17-8-1-3-9(4-2-8)28(26,27)11-5-10(13(24)14(11)25)23-7-21-12-15(22-18)19-6-20-16(12)23/h1-4,6-7,10-11,13-14,24-25H,5,18H2,(H,19,20,22)/t10-,11+,13+,14-/m1/s1. The number of hydrogen-bond acceptors (Lipinski definition) is 8. The average molecular weight is 425 g/mol. The number of halogens is 1. The van der Waals surface area contributed by atoms with Crippen LogP contribution in [0.5, 0.6) is 0 Å². The average Bonchev–Trinajstić information content (AvgIpc) is 3.24. The lowest BCUT2D eigenvalue weighted by molar-refractivity contribution is 0.0251. The van der Waals surface area contributed by atoms with Crippen LogP contribution in [-0.2, 0) is 9.84 Å². The van der Waals surface area contributed by atoms with Crippen LogP contribution in [0.15, 0.2) is 46.9 Å². The lowest BCUT2D eigenvalue weighted by atomic mass is 10.2. The van der Waals surface area contributed by atoms with Gasteiger partial charge in [-0.25, -0.2) is 18.4 Å².